The zero-order valence-corrected chi connectivity index (χ0v) is 10.0. The molecule has 84 valence electrons. The summed E-state index contributed by atoms with van der Waals surface area (Å²) >= 11 is 5.91. The van der Waals surface area contributed by atoms with E-state index in [1.54, 1.807) is 10.7 Å². The number of aryl methyl sites for hydroxylation is 1. The molecular formula is C13H10ClN3. The number of hydrogen-bond donors (Lipinski definition) is 0. The molecule has 0 atom stereocenters. The lowest BCUT2D eigenvalue weighted by molar-refractivity contribution is 0.966. The number of aromatic nitrogens is 3. The van der Waals surface area contributed by atoms with E-state index < -0.39 is 0 Å². The molecule has 0 saturated carbocycles. The van der Waals surface area contributed by atoms with Crippen molar-refractivity contribution in [3.8, 4) is 11.4 Å². The summed E-state index contributed by atoms with van der Waals surface area (Å²) in [6.45, 7) is 2.05. The summed E-state index contributed by atoms with van der Waals surface area (Å²) < 4.78 is 1.69. The van der Waals surface area contributed by atoms with Gasteiger partial charge in [-0.15, -0.1) is 5.10 Å². The van der Waals surface area contributed by atoms with E-state index in [2.05, 4.69) is 29.1 Å². The fraction of sp³-hybridized carbons (Fsp3) is 0.0769. The Bertz CT molecular complexity index is 688. The van der Waals surface area contributed by atoms with Crippen LogP contribution >= 0.6 is 11.6 Å². The molecule has 0 saturated heterocycles. The summed E-state index contributed by atoms with van der Waals surface area (Å²) in [5, 5.41) is 5.06. The van der Waals surface area contributed by atoms with Gasteiger partial charge in [0.05, 0.1) is 5.02 Å². The van der Waals surface area contributed by atoms with Crippen LogP contribution in [0.25, 0.3) is 17.0 Å². The predicted octanol–water partition coefficient (Wildman–Crippen LogP) is 3.36. The Morgan fingerprint density at radius 1 is 1.18 bits per heavy atom. The third kappa shape index (κ3) is 1.89. The first-order valence-corrected chi connectivity index (χ1v) is 5.69. The van der Waals surface area contributed by atoms with Gasteiger partial charge in [-0.2, -0.15) is 0 Å². The van der Waals surface area contributed by atoms with Crippen LogP contribution in [-0.2, 0) is 0 Å². The molecule has 0 bridgehead atoms. The van der Waals surface area contributed by atoms with Gasteiger partial charge < -0.3 is 0 Å². The van der Waals surface area contributed by atoms with Crippen LogP contribution < -0.4 is 0 Å². The molecule has 0 fully saturated rings. The standard InChI is InChI=1S/C13H10ClN3/c1-9-3-2-4-10(7-9)13-15-12-6-5-11(14)8-17(12)16-13/h2-8H,1H3. The minimum Gasteiger partial charge on any atom is -0.219 e. The van der Waals surface area contributed by atoms with Crippen molar-refractivity contribution in [2.45, 2.75) is 6.92 Å². The van der Waals surface area contributed by atoms with E-state index in [0.717, 1.165) is 17.0 Å². The second-order valence-electron chi connectivity index (χ2n) is 3.95. The lowest BCUT2D eigenvalue weighted by Gasteiger charge is -1.95. The molecule has 0 spiro atoms. The number of nitrogens with zero attached hydrogens (tertiary/aromatic N) is 3. The summed E-state index contributed by atoms with van der Waals surface area (Å²) in [6.07, 6.45) is 1.75. The van der Waals surface area contributed by atoms with Gasteiger partial charge in [0.15, 0.2) is 11.5 Å². The van der Waals surface area contributed by atoms with Crippen molar-refractivity contribution in [2.75, 3.05) is 0 Å². The summed E-state index contributed by atoms with van der Waals surface area (Å²) in [5.74, 6) is 0.718. The van der Waals surface area contributed by atoms with Crippen molar-refractivity contribution in [3.63, 3.8) is 0 Å². The summed E-state index contributed by atoms with van der Waals surface area (Å²) in [7, 11) is 0. The maximum atomic E-state index is 5.91. The molecule has 0 N–H and O–H groups in total. The van der Waals surface area contributed by atoms with Crippen LogP contribution in [0.15, 0.2) is 42.6 Å². The summed E-state index contributed by atoms with van der Waals surface area (Å²) in [6, 6.07) is 11.8. The Morgan fingerprint density at radius 3 is 2.88 bits per heavy atom. The molecule has 0 aliphatic carbocycles. The van der Waals surface area contributed by atoms with E-state index in [9.17, 15) is 0 Å². The third-order valence-electron chi connectivity index (χ3n) is 2.57. The number of rotatable bonds is 1. The van der Waals surface area contributed by atoms with Gasteiger partial charge in [-0.3, -0.25) is 0 Å². The van der Waals surface area contributed by atoms with Gasteiger partial charge in [-0.25, -0.2) is 9.50 Å². The van der Waals surface area contributed by atoms with Crippen molar-refractivity contribution in [1.29, 1.82) is 0 Å². The lowest BCUT2D eigenvalue weighted by atomic mass is 10.1. The quantitative estimate of drug-likeness (QED) is 0.656. The molecular weight excluding hydrogens is 234 g/mol. The maximum absolute atomic E-state index is 5.91. The van der Waals surface area contributed by atoms with Gasteiger partial charge in [0, 0.05) is 11.8 Å². The van der Waals surface area contributed by atoms with Crippen molar-refractivity contribution in [3.05, 3.63) is 53.2 Å². The smallest absolute Gasteiger partial charge is 0.182 e. The van der Waals surface area contributed by atoms with E-state index in [1.807, 2.05) is 24.3 Å². The number of hydrogen-bond acceptors (Lipinski definition) is 2. The highest BCUT2D eigenvalue weighted by Gasteiger charge is 2.06. The zero-order chi connectivity index (χ0) is 11.8. The lowest BCUT2D eigenvalue weighted by Crippen LogP contribution is -1.86. The topological polar surface area (TPSA) is 30.2 Å². The minimum atomic E-state index is 0.651. The van der Waals surface area contributed by atoms with Gasteiger partial charge in [-0.05, 0) is 25.1 Å². The van der Waals surface area contributed by atoms with Gasteiger partial charge >= 0.3 is 0 Å². The Labute approximate surface area is 104 Å². The summed E-state index contributed by atoms with van der Waals surface area (Å²) in [5.41, 5.74) is 3.01. The van der Waals surface area contributed by atoms with Crippen molar-refractivity contribution in [2.24, 2.45) is 0 Å². The maximum Gasteiger partial charge on any atom is 0.182 e. The highest BCUT2D eigenvalue weighted by atomic mass is 35.5. The van der Waals surface area contributed by atoms with Gasteiger partial charge in [0.1, 0.15) is 0 Å². The molecule has 0 unspecified atom stereocenters. The average Bonchev–Trinajstić information content (AvgIpc) is 2.72. The largest absolute Gasteiger partial charge is 0.219 e. The molecule has 3 rings (SSSR count). The molecule has 17 heavy (non-hydrogen) atoms. The predicted molar refractivity (Wildman–Crippen MR) is 68.2 cm³/mol. The zero-order valence-electron chi connectivity index (χ0n) is 9.26. The van der Waals surface area contributed by atoms with Crippen LogP contribution in [0.2, 0.25) is 5.02 Å². The Kier molecular flexibility index (Phi) is 2.34. The fourth-order valence-corrected chi connectivity index (χ4v) is 1.92. The highest BCUT2D eigenvalue weighted by molar-refractivity contribution is 6.30. The van der Waals surface area contributed by atoms with Crippen LogP contribution in [0.3, 0.4) is 0 Å². The van der Waals surface area contributed by atoms with Crippen molar-refractivity contribution < 1.29 is 0 Å². The molecule has 4 heteroatoms. The Balaban J connectivity index is 2.18. The molecule has 0 radical (unpaired) electrons. The number of pyridine rings is 1. The second-order valence-corrected chi connectivity index (χ2v) is 4.39. The first-order valence-electron chi connectivity index (χ1n) is 5.31. The molecule has 0 aliphatic heterocycles. The summed E-state index contributed by atoms with van der Waals surface area (Å²) in [4.78, 5) is 4.46. The van der Waals surface area contributed by atoms with Crippen LogP contribution in [0.4, 0.5) is 0 Å². The number of benzene rings is 1. The van der Waals surface area contributed by atoms with Crippen LogP contribution in [-0.4, -0.2) is 14.6 Å². The molecule has 2 heterocycles. The normalized spacial score (nSPS) is 10.9. The molecule has 1 aromatic carbocycles. The van der Waals surface area contributed by atoms with E-state index in [4.69, 9.17) is 11.6 Å². The molecule has 3 nitrogen and oxygen atoms in total. The molecule has 0 aliphatic rings. The van der Waals surface area contributed by atoms with Crippen molar-refractivity contribution >= 4 is 17.2 Å². The Morgan fingerprint density at radius 2 is 2.06 bits per heavy atom. The number of halogens is 1. The van der Waals surface area contributed by atoms with Crippen LogP contribution in [0.1, 0.15) is 5.56 Å². The SMILES string of the molecule is Cc1cccc(-c2nc3ccc(Cl)cn3n2)c1. The second kappa shape index (κ2) is 3.86. The minimum absolute atomic E-state index is 0.651. The van der Waals surface area contributed by atoms with E-state index >= 15 is 0 Å². The van der Waals surface area contributed by atoms with Gasteiger partial charge in [-0.1, -0.05) is 35.4 Å². The average molecular weight is 244 g/mol. The molecule has 2 aromatic heterocycles. The molecule has 3 aromatic rings. The van der Waals surface area contributed by atoms with Crippen LogP contribution in [0, 0.1) is 6.92 Å². The van der Waals surface area contributed by atoms with Gasteiger partial charge in [0.2, 0.25) is 0 Å². The third-order valence-corrected chi connectivity index (χ3v) is 2.79. The first kappa shape index (κ1) is 10.3. The van der Waals surface area contributed by atoms with Crippen LogP contribution in [0.5, 0.6) is 0 Å². The highest BCUT2D eigenvalue weighted by Crippen LogP contribution is 2.18. The van der Waals surface area contributed by atoms with E-state index in [0.29, 0.717) is 5.02 Å². The molecule has 0 amide bonds. The monoisotopic (exact) mass is 243 g/mol. The Hall–Kier alpha value is -1.87. The first-order chi connectivity index (χ1) is 8.22. The fourth-order valence-electron chi connectivity index (χ4n) is 1.76. The van der Waals surface area contributed by atoms with E-state index in [1.165, 1.54) is 5.56 Å². The van der Waals surface area contributed by atoms with Gasteiger partial charge in [0.25, 0.3) is 0 Å². The van der Waals surface area contributed by atoms with Crippen molar-refractivity contribution in [1.82, 2.24) is 14.6 Å². The van der Waals surface area contributed by atoms with E-state index in [-0.39, 0.29) is 0 Å². The number of fused-ring (bicyclic) bond motifs is 1.